The van der Waals surface area contributed by atoms with Crippen LogP contribution in [0.15, 0.2) is 24.3 Å². The molecule has 0 radical (unpaired) electrons. The molecule has 1 aromatic rings. The van der Waals surface area contributed by atoms with Gasteiger partial charge in [-0.3, -0.25) is 9.52 Å². The van der Waals surface area contributed by atoms with E-state index in [9.17, 15) is 23.1 Å². The van der Waals surface area contributed by atoms with Gasteiger partial charge in [-0.05, 0) is 30.5 Å². The number of rotatable bonds is 9. The Kier molecular flexibility index (Phi) is 7.21. The SMILES string of the molecule is CCCS(=O)(=O)Nc1cccc(C(=O)NC(C(=O)O)C(C)CC)c1. The summed E-state index contributed by atoms with van der Waals surface area (Å²) in [6.07, 6.45) is 1.08. The molecule has 0 aliphatic rings. The lowest BCUT2D eigenvalue weighted by molar-refractivity contribution is -0.140. The molecule has 3 N–H and O–H groups in total. The molecule has 0 spiro atoms. The zero-order valence-electron chi connectivity index (χ0n) is 14.1. The van der Waals surface area contributed by atoms with Crippen LogP contribution in [0.2, 0.25) is 0 Å². The van der Waals surface area contributed by atoms with E-state index in [0.717, 1.165) is 0 Å². The molecular formula is C16H24N2O5S. The molecule has 1 rings (SSSR count). The highest BCUT2D eigenvalue weighted by molar-refractivity contribution is 7.92. The molecule has 2 atom stereocenters. The first-order valence-corrected chi connectivity index (χ1v) is 9.49. The second kappa shape index (κ2) is 8.68. The maximum atomic E-state index is 12.3. The van der Waals surface area contributed by atoms with Crippen molar-refractivity contribution in [1.29, 1.82) is 0 Å². The van der Waals surface area contributed by atoms with Crippen molar-refractivity contribution < 1.29 is 23.1 Å². The Morgan fingerprint density at radius 2 is 1.92 bits per heavy atom. The summed E-state index contributed by atoms with van der Waals surface area (Å²) in [5.41, 5.74) is 0.466. The summed E-state index contributed by atoms with van der Waals surface area (Å²) in [5, 5.41) is 11.7. The van der Waals surface area contributed by atoms with Crippen molar-refractivity contribution in [3.05, 3.63) is 29.8 Å². The first kappa shape index (κ1) is 20.0. The molecule has 8 heteroatoms. The number of anilines is 1. The molecule has 0 bridgehead atoms. The second-order valence-corrected chi connectivity index (χ2v) is 7.52. The summed E-state index contributed by atoms with van der Waals surface area (Å²) < 4.78 is 26.0. The highest BCUT2D eigenvalue weighted by atomic mass is 32.2. The number of hydrogen-bond acceptors (Lipinski definition) is 4. The van der Waals surface area contributed by atoms with Gasteiger partial charge in [0.05, 0.1) is 5.75 Å². The number of carbonyl (C=O) groups is 2. The fourth-order valence-electron chi connectivity index (χ4n) is 2.13. The van der Waals surface area contributed by atoms with Crippen molar-refractivity contribution in [2.45, 2.75) is 39.7 Å². The van der Waals surface area contributed by atoms with Crippen molar-refractivity contribution >= 4 is 27.6 Å². The van der Waals surface area contributed by atoms with E-state index in [4.69, 9.17) is 0 Å². The van der Waals surface area contributed by atoms with Crippen LogP contribution < -0.4 is 10.0 Å². The molecule has 0 aromatic heterocycles. The first-order chi connectivity index (χ1) is 11.2. The van der Waals surface area contributed by atoms with Crippen LogP contribution in [0.4, 0.5) is 5.69 Å². The van der Waals surface area contributed by atoms with Gasteiger partial charge in [0.15, 0.2) is 0 Å². The fourth-order valence-corrected chi connectivity index (χ4v) is 3.26. The highest BCUT2D eigenvalue weighted by Gasteiger charge is 2.25. The summed E-state index contributed by atoms with van der Waals surface area (Å²) >= 11 is 0. The van der Waals surface area contributed by atoms with Crippen molar-refractivity contribution in [2.24, 2.45) is 5.92 Å². The first-order valence-electron chi connectivity index (χ1n) is 7.84. The van der Waals surface area contributed by atoms with E-state index in [1.54, 1.807) is 13.8 Å². The number of sulfonamides is 1. The van der Waals surface area contributed by atoms with Gasteiger partial charge in [0, 0.05) is 11.3 Å². The zero-order valence-corrected chi connectivity index (χ0v) is 14.9. The zero-order chi connectivity index (χ0) is 18.3. The van der Waals surface area contributed by atoms with E-state index in [0.29, 0.717) is 12.8 Å². The number of benzene rings is 1. The van der Waals surface area contributed by atoms with Gasteiger partial charge in [0.25, 0.3) is 5.91 Å². The van der Waals surface area contributed by atoms with E-state index < -0.39 is 27.9 Å². The third-order valence-corrected chi connectivity index (χ3v) is 5.13. The van der Waals surface area contributed by atoms with Crippen LogP contribution >= 0.6 is 0 Å². The van der Waals surface area contributed by atoms with Gasteiger partial charge in [-0.1, -0.05) is 33.3 Å². The summed E-state index contributed by atoms with van der Waals surface area (Å²) in [7, 11) is -3.46. The average molecular weight is 356 g/mol. The molecule has 0 aliphatic heterocycles. The Morgan fingerprint density at radius 1 is 1.25 bits per heavy atom. The normalized spacial score (nSPS) is 13.8. The predicted molar refractivity (Wildman–Crippen MR) is 92.5 cm³/mol. The molecule has 0 saturated carbocycles. The molecule has 1 amide bonds. The van der Waals surface area contributed by atoms with Crippen molar-refractivity contribution in [3.63, 3.8) is 0 Å². The Balaban J connectivity index is 2.92. The topological polar surface area (TPSA) is 113 Å². The van der Waals surface area contributed by atoms with Gasteiger partial charge in [-0.15, -0.1) is 0 Å². The average Bonchev–Trinajstić information content (AvgIpc) is 2.51. The van der Waals surface area contributed by atoms with E-state index >= 15 is 0 Å². The molecule has 24 heavy (non-hydrogen) atoms. The van der Waals surface area contributed by atoms with Crippen LogP contribution in [0.3, 0.4) is 0 Å². The van der Waals surface area contributed by atoms with E-state index in [-0.39, 0.29) is 22.9 Å². The van der Waals surface area contributed by atoms with Crippen molar-refractivity contribution in [3.8, 4) is 0 Å². The second-order valence-electron chi connectivity index (χ2n) is 5.68. The molecular weight excluding hydrogens is 332 g/mol. The molecule has 0 heterocycles. The minimum atomic E-state index is -3.46. The molecule has 1 aromatic carbocycles. The lowest BCUT2D eigenvalue weighted by atomic mass is 9.99. The quantitative estimate of drug-likeness (QED) is 0.627. The summed E-state index contributed by atoms with van der Waals surface area (Å²) in [6, 6.07) is 4.97. The number of aliphatic carboxylic acids is 1. The number of hydrogen-bond donors (Lipinski definition) is 3. The smallest absolute Gasteiger partial charge is 0.326 e. The lowest BCUT2D eigenvalue weighted by Gasteiger charge is -2.20. The molecule has 0 aliphatic carbocycles. The number of carboxylic acid groups (broad SMARTS) is 1. The predicted octanol–water partition coefficient (Wildman–Crippen LogP) is 2.07. The maximum Gasteiger partial charge on any atom is 0.326 e. The monoisotopic (exact) mass is 356 g/mol. The number of carbonyl (C=O) groups excluding carboxylic acids is 1. The Hall–Kier alpha value is -2.09. The minimum Gasteiger partial charge on any atom is -0.480 e. The molecule has 0 fully saturated rings. The van der Waals surface area contributed by atoms with Crippen molar-refractivity contribution in [2.75, 3.05) is 10.5 Å². The minimum absolute atomic E-state index is 0.0154. The van der Waals surface area contributed by atoms with E-state index in [1.807, 2.05) is 6.92 Å². The summed E-state index contributed by atoms with van der Waals surface area (Å²) in [4.78, 5) is 23.6. The van der Waals surface area contributed by atoms with E-state index in [1.165, 1.54) is 24.3 Å². The van der Waals surface area contributed by atoms with Gasteiger partial charge in [0.1, 0.15) is 6.04 Å². The summed E-state index contributed by atoms with van der Waals surface area (Å²) in [6.45, 7) is 5.34. The molecule has 134 valence electrons. The van der Waals surface area contributed by atoms with Crippen molar-refractivity contribution in [1.82, 2.24) is 5.32 Å². The van der Waals surface area contributed by atoms with Gasteiger partial charge < -0.3 is 10.4 Å². The van der Waals surface area contributed by atoms with Crippen LogP contribution in [0.1, 0.15) is 44.0 Å². The number of amides is 1. The molecule has 2 unspecified atom stereocenters. The number of carboxylic acids is 1. The van der Waals surface area contributed by atoms with Crippen LogP contribution in [0.5, 0.6) is 0 Å². The maximum absolute atomic E-state index is 12.3. The van der Waals surface area contributed by atoms with Gasteiger partial charge in [-0.25, -0.2) is 13.2 Å². The van der Waals surface area contributed by atoms with Crippen LogP contribution in [-0.2, 0) is 14.8 Å². The third kappa shape index (κ3) is 5.84. The largest absolute Gasteiger partial charge is 0.480 e. The van der Waals surface area contributed by atoms with Gasteiger partial charge >= 0.3 is 5.97 Å². The summed E-state index contributed by atoms with van der Waals surface area (Å²) in [5.74, 6) is -1.90. The van der Waals surface area contributed by atoms with Gasteiger partial charge in [0.2, 0.25) is 10.0 Å². The van der Waals surface area contributed by atoms with Crippen LogP contribution in [-0.4, -0.2) is 37.2 Å². The highest BCUT2D eigenvalue weighted by Crippen LogP contribution is 2.14. The molecule has 7 nitrogen and oxygen atoms in total. The third-order valence-electron chi connectivity index (χ3n) is 3.64. The van der Waals surface area contributed by atoms with Crippen LogP contribution in [0.25, 0.3) is 0 Å². The fraction of sp³-hybridized carbons (Fsp3) is 0.500. The Bertz CT molecular complexity index is 687. The van der Waals surface area contributed by atoms with E-state index in [2.05, 4.69) is 10.0 Å². The Labute approximate surface area is 142 Å². The lowest BCUT2D eigenvalue weighted by Crippen LogP contribution is -2.45. The van der Waals surface area contributed by atoms with Crippen LogP contribution in [0, 0.1) is 5.92 Å². The Morgan fingerprint density at radius 3 is 2.46 bits per heavy atom. The standard InChI is InChI=1S/C16H24N2O5S/c1-4-9-24(22,23)18-13-8-6-7-12(10-13)15(19)17-14(16(20)21)11(3)5-2/h6-8,10-11,14,18H,4-5,9H2,1-3H3,(H,17,19)(H,20,21). The van der Waals surface area contributed by atoms with Gasteiger partial charge in [-0.2, -0.15) is 0 Å². The number of nitrogens with one attached hydrogen (secondary N) is 2. The molecule has 0 saturated heterocycles.